The monoisotopic (exact) mass is 1210 g/mol. The van der Waals surface area contributed by atoms with Gasteiger partial charge in [-0.1, -0.05) is 282 Å². The normalized spacial score (nSPS) is 13.6. The third-order valence-electron chi connectivity index (χ3n) is 14.6. The molecule has 0 aliphatic heterocycles. The Morgan fingerprint density at radius 2 is 0.655 bits per heavy atom. The van der Waals surface area contributed by atoms with Gasteiger partial charge in [0, 0.05) is 12.8 Å². The van der Waals surface area contributed by atoms with Crippen molar-refractivity contribution in [2.24, 2.45) is 0 Å². The smallest absolute Gasteiger partial charge is 0.306 e. The van der Waals surface area contributed by atoms with Gasteiger partial charge in [0.15, 0.2) is 12.4 Å². The maximum Gasteiger partial charge on any atom is 0.306 e. The van der Waals surface area contributed by atoms with Crippen molar-refractivity contribution < 1.29 is 42.9 Å². The number of hydrogen-bond acceptors (Lipinski definition) is 8. The van der Waals surface area contributed by atoms with Crippen LogP contribution in [-0.4, -0.2) is 82.3 Å². The largest absolute Gasteiger partial charge is 0.545 e. The van der Waals surface area contributed by atoms with Crippen molar-refractivity contribution in [2.75, 3.05) is 47.5 Å². The van der Waals surface area contributed by atoms with Crippen LogP contribution in [0, 0.1) is 0 Å². The molecule has 0 amide bonds. The first-order valence-corrected chi connectivity index (χ1v) is 35.0. The molecule has 0 heterocycles. The van der Waals surface area contributed by atoms with Gasteiger partial charge in [0.2, 0.25) is 0 Å². The van der Waals surface area contributed by atoms with Crippen molar-refractivity contribution in [1.29, 1.82) is 0 Å². The van der Waals surface area contributed by atoms with Crippen LogP contribution in [0.1, 0.15) is 271 Å². The molecule has 0 aliphatic rings. The summed E-state index contributed by atoms with van der Waals surface area (Å²) in [7, 11) is 5.91. The van der Waals surface area contributed by atoms with Crippen molar-refractivity contribution in [3.63, 3.8) is 0 Å². The minimum Gasteiger partial charge on any atom is -0.545 e. The molecule has 87 heavy (non-hydrogen) atoms. The molecule has 494 valence electrons. The van der Waals surface area contributed by atoms with Gasteiger partial charge in [-0.2, -0.15) is 0 Å². The van der Waals surface area contributed by atoms with Gasteiger partial charge in [-0.3, -0.25) is 9.59 Å². The molecule has 0 N–H and O–H groups in total. The van der Waals surface area contributed by atoms with Crippen molar-refractivity contribution in [3.05, 3.63) is 146 Å². The lowest BCUT2D eigenvalue weighted by atomic mass is 10.0. The number of nitrogens with zero attached hydrogens (tertiary/aromatic N) is 1. The molecular formula is C78H129NO8. The summed E-state index contributed by atoms with van der Waals surface area (Å²) in [5, 5.41) is 11.8. The van der Waals surface area contributed by atoms with E-state index in [0.717, 1.165) is 122 Å². The number of quaternary nitrogens is 1. The first-order valence-electron chi connectivity index (χ1n) is 35.0. The number of carbonyl (C=O) groups excluding carboxylic acids is 3. The second kappa shape index (κ2) is 67.1. The molecule has 0 aromatic carbocycles. The molecule has 2 atom stereocenters. The van der Waals surface area contributed by atoms with Gasteiger partial charge in [0.1, 0.15) is 13.2 Å². The number of hydrogen-bond donors (Lipinski definition) is 0. The maximum atomic E-state index is 12.9. The lowest BCUT2D eigenvalue weighted by Crippen LogP contribution is -2.44. The molecule has 0 aromatic rings. The fourth-order valence-electron chi connectivity index (χ4n) is 9.24. The molecule has 0 fully saturated rings. The Bertz CT molecular complexity index is 1940. The SMILES string of the molecule is CC/C=C\C/C=C\C/C=C\C/C=C\C/C=C\C/C=C\C/C=C\C/C=C\C/C=C\C/C=C\C/C=C\CCCCCCCC(=O)OC(COC(=O)CCCCCCCCCCCCC/C=C\CCCCCCCCCC)COC(OCC[N+](C)(C)C)C(=O)[O-]. The predicted octanol–water partition coefficient (Wildman–Crippen LogP) is 20.6. The van der Waals surface area contributed by atoms with Crippen molar-refractivity contribution >= 4 is 17.9 Å². The fourth-order valence-corrected chi connectivity index (χ4v) is 9.24. The van der Waals surface area contributed by atoms with E-state index in [0.29, 0.717) is 17.4 Å². The van der Waals surface area contributed by atoms with E-state index in [-0.39, 0.29) is 38.6 Å². The van der Waals surface area contributed by atoms with Gasteiger partial charge in [-0.25, -0.2) is 0 Å². The third kappa shape index (κ3) is 68.5. The highest BCUT2D eigenvalue weighted by molar-refractivity contribution is 5.70. The molecule has 2 unspecified atom stereocenters. The van der Waals surface area contributed by atoms with E-state index in [9.17, 15) is 19.5 Å². The lowest BCUT2D eigenvalue weighted by molar-refractivity contribution is -0.870. The average molecular weight is 1210 g/mol. The molecule has 0 bridgehead atoms. The lowest BCUT2D eigenvalue weighted by Gasteiger charge is -2.26. The van der Waals surface area contributed by atoms with E-state index in [1.807, 2.05) is 21.1 Å². The Kier molecular flexibility index (Phi) is 63.4. The minimum atomic E-state index is -1.64. The summed E-state index contributed by atoms with van der Waals surface area (Å²) in [6.07, 6.45) is 94.9. The quantitative estimate of drug-likeness (QED) is 0.0195. The number of carboxylic acids is 1. The minimum absolute atomic E-state index is 0.137. The summed E-state index contributed by atoms with van der Waals surface area (Å²) < 4.78 is 22.8. The number of rotatable bonds is 63. The van der Waals surface area contributed by atoms with Crippen LogP contribution in [0.25, 0.3) is 0 Å². The molecule has 0 saturated carbocycles. The van der Waals surface area contributed by atoms with Gasteiger partial charge in [-0.15, -0.1) is 0 Å². The van der Waals surface area contributed by atoms with Crippen LogP contribution in [0.2, 0.25) is 0 Å². The first-order chi connectivity index (χ1) is 42.6. The first kappa shape index (κ1) is 82.2. The summed E-state index contributed by atoms with van der Waals surface area (Å²) in [5.41, 5.74) is 0. The second-order valence-corrected chi connectivity index (χ2v) is 24.1. The van der Waals surface area contributed by atoms with Crippen LogP contribution in [0.3, 0.4) is 0 Å². The number of aliphatic carboxylic acids is 1. The molecule has 0 aliphatic carbocycles. The Balaban J connectivity index is 4.23. The maximum absolute atomic E-state index is 12.9. The average Bonchev–Trinajstić information content (AvgIpc) is 3.55. The summed E-state index contributed by atoms with van der Waals surface area (Å²) >= 11 is 0. The van der Waals surface area contributed by atoms with Crippen molar-refractivity contribution in [3.8, 4) is 0 Å². The van der Waals surface area contributed by atoms with E-state index in [1.165, 1.54) is 116 Å². The number of likely N-dealkylation sites (N-methyl/N-ethyl adjacent to an activating group) is 1. The number of allylic oxidation sites excluding steroid dienone is 24. The summed E-state index contributed by atoms with van der Waals surface area (Å²) in [5.74, 6) is -2.32. The number of carbonyl (C=O) groups is 3. The molecule has 0 saturated heterocycles. The molecular weight excluding hydrogens is 1080 g/mol. The number of carboxylic acid groups (broad SMARTS) is 1. The fraction of sp³-hybridized carbons (Fsp3) is 0.654. The number of unbranched alkanes of at least 4 members (excludes halogenated alkanes) is 24. The Morgan fingerprint density at radius 3 is 0.989 bits per heavy atom. The molecule has 9 heteroatoms. The van der Waals surface area contributed by atoms with Gasteiger partial charge < -0.3 is 33.3 Å². The van der Waals surface area contributed by atoms with Crippen LogP contribution in [0.15, 0.2) is 146 Å². The molecule has 9 nitrogen and oxygen atoms in total. The van der Waals surface area contributed by atoms with Crippen LogP contribution in [-0.2, 0) is 33.3 Å². The highest BCUT2D eigenvalue weighted by atomic mass is 16.7. The number of ether oxygens (including phenoxy) is 4. The second-order valence-electron chi connectivity index (χ2n) is 24.1. The third-order valence-corrected chi connectivity index (χ3v) is 14.6. The van der Waals surface area contributed by atoms with Crippen LogP contribution >= 0.6 is 0 Å². The summed E-state index contributed by atoms with van der Waals surface area (Å²) in [6.45, 7) is 4.61. The van der Waals surface area contributed by atoms with Gasteiger partial charge in [0.25, 0.3) is 0 Å². The van der Waals surface area contributed by atoms with Crippen LogP contribution in [0.4, 0.5) is 0 Å². The highest BCUT2D eigenvalue weighted by Crippen LogP contribution is 2.16. The molecule has 0 aromatic heterocycles. The van der Waals surface area contributed by atoms with E-state index in [1.54, 1.807) is 0 Å². The van der Waals surface area contributed by atoms with E-state index < -0.39 is 24.3 Å². The van der Waals surface area contributed by atoms with E-state index in [2.05, 4.69) is 160 Å². The van der Waals surface area contributed by atoms with Crippen molar-refractivity contribution in [1.82, 2.24) is 0 Å². The Morgan fingerprint density at radius 1 is 0.356 bits per heavy atom. The zero-order valence-electron chi connectivity index (χ0n) is 56.3. The summed E-state index contributed by atoms with van der Waals surface area (Å²) in [6, 6.07) is 0. The molecule has 0 rings (SSSR count). The number of esters is 2. The highest BCUT2D eigenvalue weighted by Gasteiger charge is 2.22. The van der Waals surface area contributed by atoms with E-state index >= 15 is 0 Å². The van der Waals surface area contributed by atoms with Crippen molar-refractivity contribution in [2.45, 2.75) is 283 Å². The Hall–Kier alpha value is -4.83. The zero-order valence-corrected chi connectivity index (χ0v) is 56.3. The summed E-state index contributed by atoms with van der Waals surface area (Å²) in [4.78, 5) is 37.5. The molecule has 0 spiro atoms. The van der Waals surface area contributed by atoms with E-state index in [4.69, 9.17) is 18.9 Å². The standard InChI is InChI=1S/C78H129NO8/c1-6-8-10-12-14-16-18-20-22-24-26-28-30-31-32-33-34-35-36-37-38-39-40-41-42-43-44-45-47-49-51-53-55-57-59-61-63-65-67-69-76(81)87-74(73-86-78(77(82)83)84-71-70-79(3,4)5)72-85-75(80)68-66-64-62-60-58-56-54-52-50-48-46-29-27-25-23-21-19-17-15-13-11-9-7-2/h8,10,14,16,20,22,25-28,31-32,34-35,37-38,40-41,43-44,47,49,53,55,74,78H,6-7,9,11-13,15,17-19,21,23-24,29-30,33,36,39,42,45-46,48,50-52,54,56-73H2,1-5H3/b10-8-,16-14-,22-20-,27-25-,28-26-,32-31-,35-34-,38-37-,41-40-,44-43-,49-47-,55-53-. The Labute approximate surface area is 534 Å². The van der Waals surface area contributed by atoms with Gasteiger partial charge >= 0.3 is 11.9 Å². The topological polar surface area (TPSA) is 111 Å². The zero-order chi connectivity index (χ0) is 63.3. The predicted molar refractivity (Wildman–Crippen MR) is 370 cm³/mol. The van der Waals surface area contributed by atoms with Crippen LogP contribution in [0.5, 0.6) is 0 Å². The van der Waals surface area contributed by atoms with Gasteiger partial charge in [-0.05, 0) is 122 Å². The molecule has 0 radical (unpaired) electrons. The van der Waals surface area contributed by atoms with Crippen LogP contribution < -0.4 is 5.11 Å². The van der Waals surface area contributed by atoms with Gasteiger partial charge in [0.05, 0.1) is 40.3 Å².